The molecule has 1 N–H and O–H groups in total. The molecule has 26 heavy (non-hydrogen) atoms. The summed E-state index contributed by atoms with van der Waals surface area (Å²) in [5.74, 6) is 0.298. The number of anilines is 1. The predicted octanol–water partition coefficient (Wildman–Crippen LogP) is 3.84. The SMILES string of the molecule is Cc1ccc(C)c(NC(=O)CN2CCC(C(=O)c3ccccc3)CC2)c1. The summed E-state index contributed by atoms with van der Waals surface area (Å²) in [6, 6.07) is 15.6. The smallest absolute Gasteiger partial charge is 0.238 e. The number of amides is 1. The van der Waals surface area contributed by atoms with Gasteiger partial charge in [0.05, 0.1) is 6.54 Å². The van der Waals surface area contributed by atoms with Gasteiger partial charge in [-0.2, -0.15) is 0 Å². The van der Waals surface area contributed by atoms with Crippen LogP contribution in [0.2, 0.25) is 0 Å². The Morgan fingerprint density at radius 1 is 1.04 bits per heavy atom. The maximum absolute atomic E-state index is 12.5. The van der Waals surface area contributed by atoms with Gasteiger partial charge in [0.25, 0.3) is 0 Å². The molecule has 4 nitrogen and oxygen atoms in total. The van der Waals surface area contributed by atoms with Crippen LogP contribution in [0.1, 0.15) is 34.3 Å². The molecule has 0 aromatic heterocycles. The van der Waals surface area contributed by atoms with E-state index in [0.717, 1.165) is 48.3 Å². The van der Waals surface area contributed by atoms with Crippen LogP contribution in [0, 0.1) is 19.8 Å². The van der Waals surface area contributed by atoms with Gasteiger partial charge in [-0.15, -0.1) is 0 Å². The number of ketones is 1. The van der Waals surface area contributed by atoms with E-state index in [-0.39, 0.29) is 17.6 Å². The third-order valence-electron chi connectivity index (χ3n) is 5.05. The molecule has 0 unspecified atom stereocenters. The zero-order valence-electron chi connectivity index (χ0n) is 15.5. The van der Waals surface area contributed by atoms with Crippen LogP contribution in [0.25, 0.3) is 0 Å². The molecule has 2 aromatic carbocycles. The molecule has 1 aliphatic rings. The van der Waals surface area contributed by atoms with E-state index in [4.69, 9.17) is 0 Å². The zero-order chi connectivity index (χ0) is 18.5. The number of hydrogen-bond donors (Lipinski definition) is 1. The van der Waals surface area contributed by atoms with Crippen molar-refractivity contribution in [2.24, 2.45) is 5.92 Å². The summed E-state index contributed by atoms with van der Waals surface area (Å²) in [6.45, 7) is 5.95. The number of hydrogen-bond acceptors (Lipinski definition) is 3. The molecule has 136 valence electrons. The van der Waals surface area contributed by atoms with Crippen molar-refractivity contribution >= 4 is 17.4 Å². The highest BCUT2D eigenvalue weighted by Gasteiger charge is 2.26. The van der Waals surface area contributed by atoms with Gasteiger partial charge in [-0.25, -0.2) is 0 Å². The minimum atomic E-state index is 0.00605. The molecule has 1 heterocycles. The number of benzene rings is 2. The fourth-order valence-electron chi connectivity index (χ4n) is 3.45. The largest absolute Gasteiger partial charge is 0.325 e. The molecule has 0 radical (unpaired) electrons. The van der Waals surface area contributed by atoms with Gasteiger partial charge in [0.2, 0.25) is 5.91 Å². The highest BCUT2D eigenvalue weighted by Crippen LogP contribution is 2.22. The molecule has 1 saturated heterocycles. The van der Waals surface area contributed by atoms with E-state index < -0.39 is 0 Å². The number of nitrogens with one attached hydrogen (secondary N) is 1. The topological polar surface area (TPSA) is 49.4 Å². The van der Waals surface area contributed by atoms with E-state index >= 15 is 0 Å². The Bertz CT molecular complexity index is 778. The second-order valence-corrected chi connectivity index (χ2v) is 7.15. The monoisotopic (exact) mass is 350 g/mol. The van der Waals surface area contributed by atoms with Gasteiger partial charge in [0.15, 0.2) is 5.78 Å². The normalized spacial score (nSPS) is 15.6. The molecule has 4 heteroatoms. The Kier molecular flexibility index (Phi) is 5.84. The van der Waals surface area contributed by atoms with E-state index in [1.807, 2.05) is 62.4 Å². The Hall–Kier alpha value is -2.46. The molecule has 2 aromatic rings. The molecule has 0 bridgehead atoms. The number of nitrogens with zero attached hydrogens (tertiary/aromatic N) is 1. The van der Waals surface area contributed by atoms with Gasteiger partial charge < -0.3 is 5.32 Å². The van der Waals surface area contributed by atoms with Gasteiger partial charge >= 0.3 is 0 Å². The lowest BCUT2D eigenvalue weighted by molar-refractivity contribution is -0.117. The molecule has 1 aliphatic heterocycles. The highest BCUT2D eigenvalue weighted by atomic mass is 16.2. The molecule has 0 aliphatic carbocycles. The van der Waals surface area contributed by atoms with Crippen molar-refractivity contribution in [1.82, 2.24) is 4.90 Å². The summed E-state index contributed by atoms with van der Waals surface area (Å²) in [7, 11) is 0. The lowest BCUT2D eigenvalue weighted by atomic mass is 9.89. The minimum Gasteiger partial charge on any atom is -0.325 e. The number of aryl methyl sites for hydroxylation is 2. The number of likely N-dealkylation sites (tertiary alicyclic amines) is 1. The van der Waals surface area contributed by atoms with Gasteiger partial charge in [0, 0.05) is 17.2 Å². The van der Waals surface area contributed by atoms with E-state index in [1.165, 1.54) is 0 Å². The summed E-state index contributed by atoms with van der Waals surface area (Å²) < 4.78 is 0. The Morgan fingerprint density at radius 3 is 2.42 bits per heavy atom. The first-order chi connectivity index (χ1) is 12.5. The van der Waals surface area contributed by atoms with Crippen LogP contribution < -0.4 is 5.32 Å². The molecule has 0 saturated carbocycles. The molecule has 1 fully saturated rings. The van der Waals surface area contributed by atoms with Crippen LogP contribution in [0.4, 0.5) is 5.69 Å². The van der Waals surface area contributed by atoms with Crippen molar-refractivity contribution in [2.45, 2.75) is 26.7 Å². The average molecular weight is 350 g/mol. The van der Waals surface area contributed by atoms with Gasteiger partial charge in [-0.3, -0.25) is 14.5 Å². The third-order valence-corrected chi connectivity index (χ3v) is 5.05. The average Bonchev–Trinajstić information content (AvgIpc) is 2.65. The summed E-state index contributed by atoms with van der Waals surface area (Å²) in [5.41, 5.74) is 3.87. The Balaban J connectivity index is 1.50. The number of carbonyl (C=O) groups is 2. The van der Waals surface area contributed by atoms with Crippen LogP contribution in [0.3, 0.4) is 0 Å². The molecule has 0 atom stereocenters. The minimum absolute atomic E-state index is 0.00605. The Morgan fingerprint density at radius 2 is 1.73 bits per heavy atom. The van der Waals surface area contributed by atoms with Crippen molar-refractivity contribution in [2.75, 3.05) is 25.0 Å². The first kappa shape index (κ1) is 18.3. The van der Waals surface area contributed by atoms with E-state index in [2.05, 4.69) is 10.2 Å². The predicted molar refractivity (Wildman–Crippen MR) is 104 cm³/mol. The van der Waals surface area contributed by atoms with Gasteiger partial charge in [-0.1, -0.05) is 42.5 Å². The highest BCUT2D eigenvalue weighted by molar-refractivity contribution is 5.98. The van der Waals surface area contributed by atoms with Crippen LogP contribution in [0.5, 0.6) is 0 Å². The van der Waals surface area contributed by atoms with Crippen LogP contribution in [0.15, 0.2) is 48.5 Å². The first-order valence-corrected chi connectivity index (χ1v) is 9.21. The van der Waals surface area contributed by atoms with Gasteiger partial charge in [0.1, 0.15) is 0 Å². The van der Waals surface area contributed by atoms with E-state index in [0.29, 0.717) is 6.54 Å². The lowest BCUT2D eigenvalue weighted by Gasteiger charge is -2.30. The van der Waals surface area contributed by atoms with Crippen molar-refractivity contribution in [1.29, 1.82) is 0 Å². The molecular weight excluding hydrogens is 324 g/mol. The number of piperidine rings is 1. The van der Waals surface area contributed by atoms with Crippen molar-refractivity contribution < 1.29 is 9.59 Å². The number of Topliss-reactive ketones (excluding diaryl/α,β-unsaturated/α-hetero) is 1. The maximum atomic E-state index is 12.5. The van der Waals surface area contributed by atoms with Crippen LogP contribution in [-0.4, -0.2) is 36.2 Å². The lowest BCUT2D eigenvalue weighted by Crippen LogP contribution is -2.40. The standard InChI is InChI=1S/C22H26N2O2/c1-16-8-9-17(2)20(14-16)23-21(25)15-24-12-10-19(11-13-24)22(26)18-6-4-3-5-7-18/h3-9,14,19H,10-13,15H2,1-2H3,(H,23,25). The quantitative estimate of drug-likeness (QED) is 0.834. The number of carbonyl (C=O) groups excluding carboxylic acids is 2. The fourth-order valence-corrected chi connectivity index (χ4v) is 3.45. The van der Waals surface area contributed by atoms with Gasteiger partial charge in [-0.05, 0) is 57.0 Å². The fraction of sp³-hybridized carbons (Fsp3) is 0.364. The second-order valence-electron chi connectivity index (χ2n) is 7.15. The van der Waals surface area contributed by atoms with Crippen LogP contribution in [-0.2, 0) is 4.79 Å². The summed E-state index contributed by atoms with van der Waals surface area (Å²) in [6.07, 6.45) is 1.62. The Labute approximate surface area is 155 Å². The molecule has 3 rings (SSSR count). The summed E-state index contributed by atoms with van der Waals surface area (Å²) in [4.78, 5) is 27.0. The summed E-state index contributed by atoms with van der Waals surface area (Å²) in [5, 5.41) is 3.01. The van der Waals surface area contributed by atoms with E-state index in [9.17, 15) is 9.59 Å². The van der Waals surface area contributed by atoms with E-state index in [1.54, 1.807) is 0 Å². The molecule has 1 amide bonds. The first-order valence-electron chi connectivity index (χ1n) is 9.21. The third kappa shape index (κ3) is 4.58. The number of rotatable bonds is 5. The molecular formula is C22H26N2O2. The summed E-state index contributed by atoms with van der Waals surface area (Å²) >= 11 is 0. The second kappa shape index (κ2) is 8.28. The molecule has 0 spiro atoms. The van der Waals surface area contributed by atoms with Crippen molar-refractivity contribution in [3.05, 3.63) is 65.2 Å². The van der Waals surface area contributed by atoms with Crippen LogP contribution >= 0.6 is 0 Å². The maximum Gasteiger partial charge on any atom is 0.238 e. The van der Waals surface area contributed by atoms with Crippen molar-refractivity contribution in [3.8, 4) is 0 Å². The zero-order valence-corrected chi connectivity index (χ0v) is 15.5. The van der Waals surface area contributed by atoms with Crippen molar-refractivity contribution in [3.63, 3.8) is 0 Å².